The van der Waals surface area contributed by atoms with Crippen LogP contribution in [-0.2, 0) is 18.5 Å². The summed E-state index contributed by atoms with van der Waals surface area (Å²) in [5.41, 5.74) is 6.51. The van der Waals surface area contributed by atoms with Gasteiger partial charge in [-0.3, -0.25) is 0 Å². The Bertz CT molecular complexity index is 647. The Morgan fingerprint density at radius 1 is 1.24 bits per heavy atom. The van der Waals surface area contributed by atoms with Gasteiger partial charge < -0.3 is 10.5 Å². The van der Waals surface area contributed by atoms with Crippen LogP contribution in [0.15, 0.2) is 42.5 Å². The second-order valence-electron chi connectivity index (χ2n) is 5.36. The maximum Gasteiger partial charge on any atom is 0.152 e. The van der Waals surface area contributed by atoms with E-state index in [2.05, 4.69) is 0 Å². The highest BCUT2D eigenvalue weighted by atomic mass is 35.5. The van der Waals surface area contributed by atoms with E-state index in [-0.39, 0.29) is 13.0 Å². The van der Waals surface area contributed by atoms with Gasteiger partial charge in [0, 0.05) is 24.4 Å². The van der Waals surface area contributed by atoms with Crippen molar-refractivity contribution in [3.63, 3.8) is 0 Å². The van der Waals surface area contributed by atoms with E-state index in [1.807, 2.05) is 24.3 Å². The summed E-state index contributed by atoms with van der Waals surface area (Å²) in [6.07, 6.45) is 0.979. The third-order valence-corrected chi connectivity index (χ3v) is 4.13. The molecule has 0 saturated heterocycles. The van der Waals surface area contributed by atoms with E-state index in [1.54, 1.807) is 18.2 Å². The average Bonchev–Trinajstić information content (AvgIpc) is 2.96. The third-order valence-electron chi connectivity index (χ3n) is 3.91. The molecule has 4 heteroatoms. The topological polar surface area (TPSA) is 35.2 Å². The van der Waals surface area contributed by atoms with Crippen LogP contribution < -0.4 is 10.5 Å². The fraction of sp³-hybridized carbons (Fsp3) is 0.294. The number of halogens is 2. The van der Waals surface area contributed by atoms with Gasteiger partial charge in [-0.1, -0.05) is 41.9 Å². The van der Waals surface area contributed by atoms with Crippen LogP contribution in [0.25, 0.3) is 0 Å². The first-order chi connectivity index (χ1) is 10.1. The Labute approximate surface area is 128 Å². The molecule has 0 aliphatic carbocycles. The molecule has 1 atom stereocenters. The van der Waals surface area contributed by atoms with Crippen LogP contribution in [0.2, 0.25) is 5.02 Å². The van der Waals surface area contributed by atoms with Crippen LogP contribution in [-0.4, -0.2) is 13.2 Å². The minimum Gasteiger partial charge on any atom is -0.493 e. The van der Waals surface area contributed by atoms with Gasteiger partial charge in [0.2, 0.25) is 0 Å². The van der Waals surface area contributed by atoms with Crippen molar-refractivity contribution < 1.29 is 9.13 Å². The van der Waals surface area contributed by atoms with E-state index in [0.29, 0.717) is 17.2 Å². The normalized spacial score (nSPS) is 16.1. The van der Waals surface area contributed by atoms with Crippen LogP contribution in [0.1, 0.15) is 16.7 Å². The lowest BCUT2D eigenvalue weighted by atomic mass is 9.88. The van der Waals surface area contributed by atoms with Gasteiger partial charge in [-0.05, 0) is 28.8 Å². The van der Waals surface area contributed by atoms with Crippen LogP contribution in [0.4, 0.5) is 4.39 Å². The van der Waals surface area contributed by atoms with Crippen molar-refractivity contribution in [3.8, 4) is 5.75 Å². The van der Waals surface area contributed by atoms with Crippen LogP contribution in [0.5, 0.6) is 5.75 Å². The SMILES string of the molecule is NCC(F)(Cc1cc(Cl)cc2c1OCC2)c1ccccc1. The Morgan fingerprint density at radius 2 is 2.00 bits per heavy atom. The minimum atomic E-state index is -1.62. The predicted molar refractivity (Wildman–Crippen MR) is 82.6 cm³/mol. The van der Waals surface area contributed by atoms with E-state index in [9.17, 15) is 0 Å². The highest BCUT2D eigenvalue weighted by Crippen LogP contribution is 2.38. The molecule has 0 bridgehead atoms. The molecule has 1 heterocycles. The summed E-state index contributed by atoms with van der Waals surface area (Å²) < 4.78 is 21.0. The summed E-state index contributed by atoms with van der Waals surface area (Å²) in [6.45, 7) is 0.536. The number of hydrogen-bond acceptors (Lipinski definition) is 2. The van der Waals surface area contributed by atoms with Crippen molar-refractivity contribution in [3.05, 3.63) is 64.2 Å². The number of fused-ring (bicyclic) bond motifs is 1. The van der Waals surface area contributed by atoms with Gasteiger partial charge in [-0.15, -0.1) is 0 Å². The second kappa shape index (κ2) is 5.66. The van der Waals surface area contributed by atoms with Gasteiger partial charge in [-0.2, -0.15) is 0 Å². The number of nitrogens with two attached hydrogens (primary N) is 1. The number of alkyl halides is 1. The third kappa shape index (κ3) is 2.76. The molecule has 2 aromatic rings. The van der Waals surface area contributed by atoms with Crippen molar-refractivity contribution in [1.29, 1.82) is 0 Å². The fourth-order valence-electron chi connectivity index (χ4n) is 2.81. The average molecular weight is 306 g/mol. The summed E-state index contributed by atoms with van der Waals surface area (Å²) in [6, 6.07) is 12.7. The van der Waals surface area contributed by atoms with Gasteiger partial charge in [-0.25, -0.2) is 4.39 Å². The van der Waals surface area contributed by atoms with Crippen molar-refractivity contribution in [1.82, 2.24) is 0 Å². The van der Waals surface area contributed by atoms with E-state index in [1.165, 1.54) is 0 Å². The molecule has 0 radical (unpaired) electrons. The van der Waals surface area contributed by atoms with Crippen molar-refractivity contribution in [2.24, 2.45) is 5.73 Å². The lowest BCUT2D eigenvalue weighted by Gasteiger charge is -2.25. The first kappa shape index (κ1) is 14.4. The van der Waals surface area contributed by atoms with Gasteiger partial charge in [0.05, 0.1) is 6.61 Å². The molecule has 0 aromatic heterocycles. The molecule has 3 rings (SSSR count). The molecule has 2 aromatic carbocycles. The Morgan fingerprint density at radius 3 is 2.71 bits per heavy atom. The molecule has 110 valence electrons. The highest BCUT2D eigenvalue weighted by Gasteiger charge is 2.33. The summed E-state index contributed by atoms with van der Waals surface area (Å²) in [4.78, 5) is 0. The van der Waals surface area contributed by atoms with Crippen molar-refractivity contribution >= 4 is 11.6 Å². The molecule has 0 fully saturated rings. The van der Waals surface area contributed by atoms with Gasteiger partial charge in [0.25, 0.3) is 0 Å². The monoisotopic (exact) mass is 305 g/mol. The molecule has 0 saturated carbocycles. The molecular weight excluding hydrogens is 289 g/mol. The fourth-order valence-corrected chi connectivity index (χ4v) is 3.07. The number of ether oxygens (including phenoxy) is 1. The highest BCUT2D eigenvalue weighted by molar-refractivity contribution is 6.30. The van der Waals surface area contributed by atoms with Gasteiger partial charge >= 0.3 is 0 Å². The smallest absolute Gasteiger partial charge is 0.152 e. The zero-order valence-electron chi connectivity index (χ0n) is 11.6. The Balaban J connectivity index is 1.99. The summed E-state index contributed by atoms with van der Waals surface area (Å²) in [7, 11) is 0. The van der Waals surface area contributed by atoms with Crippen molar-refractivity contribution in [2.75, 3.05) is 13.2 Å². The van der Waals surface area contributed by atoms with E-state index < -0.39 is 5.67 Å². The van der Waals surface area contributed by atoms with Crippen LogP contribution in [0.3, 0.4) is 0 Å². The summed E-state index contributed by atoms with van der Waals surface area (Å²) in [5.74, 6) is 0.769. The predicted octanol–water partition coefficient (Wildman–Crippen LogP) is 3.64. The molecule has 1 aliphatic rings. The molecule has 1 unspecified atom stereocenters. The van der Waals surface area contributed by atoms with Gasteiger partial charge in [0.15, 0.2) is 5.67 Å². The van der Waals surface area contributed by atoms with E-state index in [0.717, 1.165) is 23.3 Å². The Kier molecular flexibility index (Phi) is 3.87. The van der Waals surface area contributed by atoms with Crippen molar-refractivity contribution in [2.45, 2.75) is 18.5 Å². The quantitative estimate of drug-likeness (QED) is 0.936. The molecule has 2 nitrogen and oxygen atoms in total. The van der Waals surface area contributed by atoms with Gasteiger partial charge in [0.1, 0.15) is 5.75 Å². The zero-order chi connectivity index (χ0) is 14.9. The Hall–Kier alpha value is -1.58. The molecule has 0 spiro atoms. The molecule has 21 heavy (non-hydrogen) atoms. The molecular formula is C17H17ClFNO. The zero-order valence-corrected chi connectivity index (χ0v) is 12.4. The lowest BCUT2D eigenvalue weighted by molar-refractivity contribution is 0.173. The second-order valence-corrected chi connectivity index (χ2v) is 5.80. The lowest BCUT2D eigenvalue weighted by Crippen LogP contribution is -2.32. The largest absolute Gasteiger partial charge is 0.493 e. The molecule has 2 N–H and O–H groups in total. The first-order valence-corrected chi connectivity index (χ1v) is 7.39. The number of rotatable bonds is 4. The number of benzene rings is 2. The van der Waals surface area contributed by atoms with E-state index >= 15 is 4.39 Å². The first-order valence-electron chi connectivity index (χ1n) is 7.01. The standard InChI is InChI=1S/C17H17ClFNO/c18-15-8-12-6-7-21-16(12)13(9-15)10-17(19,11-20)14-4-2-1-3-5-14/h1-5,8-9H,6-7,10-11,20H2. The summed E-state index contributed by atoms with van der Waals surface area (Å²) >= 11 is 6.14. The molecule has 1 aliphatic heterocycles. The number of hydrogen-bond donors (Lipinski definition) is 1. The van der Waals surface area contributed by atoms with E-state index in [4.69, 9.17) is 22.1 Å². The van der Waals surface area contributed by atoms with Crippen LogP contribution >= 0.6 is 11.6 Å². The maximum atomic E-state index is 15.3. The van der Waals surface area contributed by atoms with Crippen LogP contribution in [0, 0.1) is 0 Å². The maximum absolute atomic E-state index is 15.3. The molecule has 0 amide bonds. The summed E-state index contributed by atoms with van der Waals surface area (Å²) in [5, 5.41) is 0.613. The minimum absolute atomic E-state index is 0.0850.